The molecule has 0 radical (unpaired) electrons. The van der Waals surface area contributed by atoms with Gasteiger partial charge in [0, 0.05) is 23.5 Å². The van der Waals surface area contributed by atoms with Crippen LogP contribution in [0.15, 0.2) is 84.1 Å². The summed E-state index contributed by atoms with van der Waals surface area (Å²) in [6, 6.07) is 21.1. The van der Waals surface area contributed by atoms with E-state index in [0.717, 1.165) is 22.2 Å². The lowest BCUT2D eigenvalue weighted by Crippen LogP contribution is -2.30. The minimum Gasteiger partial charge on any atom is -0.329 e. The molecule has 1 amide bonds. The highest BCUT2D eigenvalue weighted by molar-refractivity contribution is 6.06. The lowest BCUT2D eigenvalue weighted by molar-refractivity contribution is -0.384. The Morgan fingerprint density at radius 3 is 2.42 bits per heavy atom. The highest BCUT2D eigenvalue weighted by Crippen LogP contribution is 2.39. The summed E-state index contributed by atoms with van der Waals surface area (Å²) < 4.78 is 1.97. The third-order valence-corrected chi connectivity index (χ3v) is 5.80. The summed E-state index contributed by atoms with van der Waals surface area (Å²) >= 11 is 0. The molecule has 3 aromatic carbocycles. The van der Waals surface area contributed by atoms with Gasteiger partial charge in [0.05, 0.1) is 27.6 Å². The van der Waals surface area contributed by atoms with Crippen molar-refractivity contribution in [2.24, 2.45) is 0 Å². The molecule has 2 heterocycles. The van der Waals surface area contributed by atoms with E-state index >= 15 is 0 Å². The number of imidazole rings is 1. The average molecular weight is 439 g/mol. The molecule has 1 aliphatic heterocycles. The minimum absolute atomic E-state index is 0.00486. The number of anilines is 2. The first-order valence-corrected chi connectivity index (χ1v) is 10.5. The molecule has 5 rings (SSSR count). The van der Waals surface area contributed by atoms with Crippen molar-refractivity contribution < 1.29 is 9.72 Å². The number of para-hydroxylation sites is 2. The molecular weight excluding hydrogens is 418 g/mol. The number of carbonyl (C=O) groups is 1. The number of benzene rings is 3. The lowest BCUT2D eigenvalue weighted by Gasteiger charge is -2.30. The fourth-order valence-electron chi connectivity index (χ4n) is 4.19. The van der Waals surface area contributed by atoms with Gasteiger partial charge in [0.25, 0.3) is 11.6 Å². The number of nitro groups is 1. The lowest BCUT2D eigenvalue weighted by atomic mass is 9.94. The van der Waals surface area contributed by atoms with E-state index < -0.39 is 11.0 Å². The van der Waals surface area contributed by atoms with E-state index in [1.165, 1.54) is 12.1 Å². The van der Waals surface area contributed by atoms with Gasteiger partial charge in [0.15, 0.2) is 0 Å². The fourth-order valence-corrected chi connectivity index (χ4v) is 4.19. The normalized spacial score (nSPS) is 15.2. The number of nitro benzene ring substituents is 1. The number of allylic oxidation sites excluding steroid dienone is 1. The number of amides is 1. The molecule has 0 saturated carbocycles. The second-order valence-electron chi connectivity index (χ2n) is 8.03. The monoisotopic (exact) mass is 439 g/mol. The third-order valence-electron chi connectivity index (χ3n) is 5.80. The molecule has 8 nitrogen and oxygen atoms in total. The van der Waals surface area contributed by atoms with Crippen LogP contribution in [0.4, 0.5) is 17.3 Å². The van der Waals surface area contributed by atoms with Crippen molar-refractivity contribution in [2.75, 3.05) is 10.6 Å². The predicted octanol–water partition coefficient (Wildman–Crippen LogP) is 5.18. The van der Waals surface area contributed by atoms with Gasteiger partial charge in [0.2, 0.25) is 5.95 Å². The molecule has 164 valence electrons. The van der Waals surface area contributed by atoms with Crippen molar-refractivity contribution in [3.8, 4) is 0 Å². The smallest absolute Gasteiger partial charge is 0.269 e. The van der Waals surface area contributed by atoms with Crippen LogP contribution in [-0.2, 0) is 4.79 Å². The summed E-state index contributed by atoms with van der Waals surface area (Å²) in [6.07, 6.45) is 0. The average Bonchev–Trinajstić information content (AvgIpc) is 3.17. The van der Waals surface area contributed by atoms with Crippen LogP contribution in [0.1, 0.15) is 24.1 Å². The maximum absolute atomic E-state index is 13.5. The number of hydrogen-bond donors (Lipinski definition) is 2. The Morgan fingerprint density at radius 1 is 1.03 bits per heavy atom. The van der Waals surface area contributed by atoms with Crippen LogP contribution in [0.25, 0.3) is 11.0 Å². The van der Waals surface area contributed by atoms with Gasteiger partial charge in [-0.2, -0.15) is 0 Å². The molecule has 1 aliphatic rings. The molecule has 8 heteroatoms. The van der Waals surface area contributed by atoms with E-state index in [4.69, 9.17) is 4.98 Å². The van der Waals surface area contributed by atoms with E-state index in [9.17, 15) is 14.9 Å². The molecule has 2 N–H and O–H groups in total. The quantitative estimate of drug-likeness (QED) is 0.337. The van der Waals surface area contributed by atoms with Gasteiger partial charge >= 0.3 is 0 Å². The zero-order chi connectivity index (χ0) is 23.1. The van der Waals surface area contributed by atoms with E-state index in [-0.39, 0.29) is 11.6 Å². The number of aryl methyl sites for hydroxylation is 1. The summed E-state index contributed by atoms with van der Waals surface area (Å²) in [5.74, 6) is 0.361. The minimum atomic E-state index is -0.514. The molecule has 0 aliphatic carbocycles. The molecular formula is C25H21N5O3. The topological polar surface area (TPSA) is 102 Å². The van der Waals surface area contributed by atoms with Crippen LogP contribution in [-0.4, -0.2) is 20.4 Å². The standard InChI is InChI=1S/C25H21N5O3/c1-15-7-11-18(12-8-15)27-24(31)22-16(2)26-25-28-20-5-3-4-6-21(20)29(25)23(22)17-9-13-19(14-10-17)30(32)33/h3-14,23H,1-2H3,(H,26,28)(H,27,31). The second-order valence-corrected chi connectivity index (χ2v) is 8.03. The molecule has 4 aromatic rings. The number of nitrogens with zero attached hydrogens (tertiary/aromatic N) is 3. The van der Waals surface area contributed by atoms with Crippen molar-refractivity contribution in [3.63, 3.8) is 0 Å². The van der Waals surface area contributed by atoms with Crippen molar-refractivity contribution in [3.05, 3.63) is 105 Å². The second kappa shape index (κ2) is 7.90. The largest absolute Gasteiger partial charge is 0.329 e. The number of carbonyl (C=O) groups excluding carboxylic acids is 1. The van der Waals surface area contributed by atoms with E-state index in [1.807, 2.05) is 66.9 Å². The SMILES string of the molecule is CC1=C(C(=O)Nc2ccc(C)cc2)C(c2ccc([N+](=O)[O-])cc2)n2c(nc3ccccc32)N1. The predicted molar refractivity (Wildman–Crippen MR) is 127 cm³/mol. The van der Waals surface area contributed by atoms with E-state index in [1.54, 1.807) is 12.1 Å². The Balaban J connectivity index is 1.65. The molecule has 1 unspecified atom stereocenters. The van der Waals surface area contributed by atoms with Gasteiger partial charge in [-0.05, 0) is 55.8 Å². The third kappa shape index (κ3) is 3.61. The van der Waals surface area contributed by atoms with Gasteiger partial charge in [0.1, 0.15) is 0 Å². The highest BCUT2D eigenvalue weighted by Gasteiger charge is 2.34. The molecule has 1 atom stereocenters. The summed E-state index contributed by atoms with van der Waals surface area (Å²) in [4.78, 5) is 29.0. The van der Waals surface area contributed by atoms with Crippen LogP contribution >= 0.6 is 0 Å². The van der Waals surface area contributed by atoms with Crippen molar-refractivity contribution in [1.82, 2.24) is 9.55 Å². The molecule has 0 spiro atoms. The number of non-ortho nitro benzene ring substituents is 1. The maximum atomic E-state index is 13.5. The molecule has 0 fully saturated rings. The Hall–Kier alpha value is -4.46. The summed E-state index contributed by atoms with van der Waals surface area (Å²) in [5.41, 5.74) is 5.37. The van der Waals surface area contributed by atoms with Gasteiger partial charge in [-0.1, -0.05) is 29.8 Å². The Bertz CT molecular complexity index is 1420. The van der Waals surface area contributed by atoms with E-state index in [0.29, 0.717) is 22.9 Å². The fraction of sp³-hybridized carbons (Fsp3) is 0.120. The first kappa shape index (κ1) is 20.4. The van der Waals surface area contributed by atoms with Crippen LogP contribution in [0.5, 0.6) is 0 Å². The number of nitrogens with one attached hydrogen (secondary N) is 2. The summed E-state index contributed by atoms with van der Waals surface area (Å²) in [6.45, 7) is 3.82. The molecule has 33 heavy (non-hydrogen) atoms. The zero-order valence-electron chi connectivity index (χ0n) is 18.1. The molecule has 0 saturated heterocycles. The van der Waals surface area contributed by atoms with Crippen LogP contribution < -0.4 is 10.6 Å². The van der Waals surface area contributed by atoms with Crippen LogP contribution in [0, 0.1) is 17.0 Å². The van der Waals surface area contributed by atoms with Gasteiger partial charge in [-0.3, -0.25) is 19.5 Å². The van der Waals surface area contributed by atoms with Gasteiger partial charge < -0.3 is 10.6 Å². The molecule has 0 bridgehead atoms. The van der Waals surface area contributed by atoms with Crippen molar-refractivity contribution >= 4 is 34.3 Å². The van der Waals surface area contributed by atoms with Crippen molar-refractivity contribution in [1.29, 1.82) is 0 Å². The Kier molecular flexibility index (Phi) is 4.90. The van der Waals surface area contributed by atoms with Crippen molar-refractivity contribution in [2.45, 2.75) is 19.9 Å². The van der Waals surface area contributed by atoms with Gasteiger partial charge in [-0.25, -0.2) is 4.98 Å². The molecule has 1 aromatic heterocycles. The Labute approximate surface area is 189 Å². The first-order valence-electron chi connectivity index (χ1n) is 10.5. The summed E-state index contributed by atoms with van der Waals surface area (Å²) in [5, 5.41) is 17.4. The Morgan fingerprint density at radius 2 is 1.73 bits per heavy atom. The zero-order valence-corrected chi connectivity index (χ0v) is 18.1. The van der Waals surface area contributed by atoms with Crippen LogP contribution in [0.3, 0.4) is 0 Å². The van der Waals surface area contributed by atoms with E-state index in [2.05, 4.69) is 10.6 Å². The summed E-state index contributed by atoms with van der Waals surface area (Å²) in [7, 11) is 0. The maximum Gasteiger partial charge on any atom is 0.269 e. The number of aromatic nitrogens is 2. The number of rotatable bonds is 4. The van der Waals surface area contributed by atoms with Crippen LogP contribution in [0.2, 0.25) is 0 Å². The highest BCUT2D eigenvalue weighted by atomic mass is 16.6. The number of fused-ring (bicyclic) bond motifs is 3. The van der Waals surface area contributed by atoms with Gasteiger partial charge in [-0.15, -0.1) is 0 Å². The number of hydrogen-bond acceptors (Lipinski definition) is 5. The first-order chi connectivity index (χ1) is 15.9.